The van der Waals surface area contributed by atoms with Crippen molar-refractivity contribution in [3.05, 3.63) is 64.1 Å². The van der Waals surface area contributed by atoms with Crippen molar-refractivity contribution in [2.24, 2.45) is 0 Å². The molecular weight excluding hydrogens is 297 g/mol. The fraction of sp³-hybridized carbons (Fsp3) is 0.133. The first-order valence-electron chi connectivity index (χ1n) is 6.04. The molecule has 0 saturated carbocycles. The second kappa shape index (κ2) is 6.64. The number of hydrogen-bond acceptors (Lipinski definition) is 2. The van der Waals surface area contributed by atoms with Crippen LogP contribution in [0.15, 0.2) is 48.5 Å². The average molecular weight is 310 g/mol. The summed E-state index contributed by atoms with van der Waals surface area (Å²) in [5, 5.41) is 13.4. The zero-order valence-electron chi connectivity index (χ0n) is 10.5. The van der Waals surface area contributed by atoms with Crippen LogP contribution in [0.1, 0.15) is 11.5 Å². The molecule has 0 bridgehead atoms. The molecule has 0 aliphatic carbocycles. The highest BCUT2D eigenvalue weighted by atomic mass is 35.5. The number of hydrogen-bond donors (Lipinski definition) is 2. The fourth-order valence-electron chi connectivity index (χ4n) is 1.91. The summed E-state index contributed by atoms with van der Waals surface area (Å²) < 4.78 is 0. The summed E-state index contributed by atoms with van der Waals surface area (Å²) in [6.07, 6.45) is 0. The quantitative estimate of drug-likeness (QED) is 0.867. The molecule has 0 fully saturated rings. The maximum Gasteiger partial charge on any atom is 0.312 e. The lowest BCUT2D eigenvalue weighted by molar-refractivity contribution is -0.138. The molecule has 2 aromatic rings. The van der Waals surface area contributed by atoms with Crippen LogP contribution in [0.5, 0.6) is 0 Å². The van der Waals surface area contributed by atoms with Gasteiger partial charge in [-0.05, 0) is 23.8 Å². The number of carboxylic acids is 1. The fourth-order valence-corrected chi connectivity index (χ4v) is 2.43. The van der Waals surface area contributed by atoms with Gasteiger partial charge in [-0.2, -0.15) is 0 Å². The summed E-state index contributed by atoms with van der Waals surface area (Å²) in [5.74, 6) is -1.51. The molecule has 0 aliphatic heterocycles. The van der Waals surface area contributed by atoms with Crippen molar-refractivity contribution in [3.63, 3.8) is 0 Å². The summed E-state index contributed by atoms with van der Waals surface area (Å²) >= 11 is 11.8. The van der Waals surface area contributed by atoms with Crippen molar-refractivity contribution < 1.29 is 9.90 Å². The van der Waals surface area contributed by atoms with Gasteiger partial charge in [0.15, 0.2) is 0 Å². The number of nitrogens with one attached hydrogen (secondary N) is 1. The molecule has 104 valence electrons. The lowest BCUT2D eigenvalue weighted by atomic mass is 9.99. The molecule has 0 radical (unpaired) electrons. The average Bonchev–Trinajstić information content (AvgIpc) is 2.38. The number of carbonyl (C=O) groups is 1. The summed E-state index contributed by atoms with van der Waals surface area (Å²) in [4.78, 5) is 11.4. The Kier molecular flexibility index (Phi) is 4.88. The predicted molar refractivity (Wildman–Crippen MR) is 81.8 cm³/mol. The molecule has 20 heavy (non-hydrogen) atoms. The molecule has 0 aliphatic rings. The Hall–Kier alpha value is -1.71. The van der Waals surface area contributed by atoms with Crippen molar-refractivity contribution in [2.45, 2.75) is 5.92 Å². The third-order valence-electron chi connectivity index (χ3n) is 2.87. The van der Waals surface area contributed by atoms with Crippen LogP contribution in [0.4, 0.5) is 5.69 Å². The minimum atomic E-state index is -0.878. The van der Waals surface area contributed by atoms with E-state index in [0.717, 1.165) is 5.56 Å². The Labute approximate surface area is 127 Å². The first kappa shape index (κ1) is 14.7. The van der Waals surface area contributed by atoms with Gasteiger partial charge in [-0.3, -0.25) is 4.79 Å². The molecule has 1 atom stereocenters. The SMILES string of the molecule is O=C(O)C(CNc1cc(Cl)cc(Cl)c1)c1ccccc1. The van der Waals surface area contributed by atoms with Crippen LogP contribution in [0.3, 0.4) is 0 Å². The minimum absolute atomic E-state index is 0.260. The standard InChI is InChI=1S/C15H13Cl2NO2/c16-11-6-12(17)8-13(7-11)18-9-14(15(19)20)10-4-2-1-3-5-10/h1-8,14,18H,9H2,(H,19,20). The zero-order chi connectivity index (χ0) is 14.5. The van der Waals surface area contributed by atoms with Crippen LogP contribution >= 0.6 is 23.2 Å². The van der Waals surface area contributed by atoms with Crippen molar-refractivity contribution in [3.8, 4) is 0 Å². The normalized spacial score (nSPS) is 11.9. The molecule has 1 unspecified atom stereocenters. The highest BCUT2D eigenvalue weighted by molar-refractivity contribution is 6.35. The number of aliphatic carboxylic acids is 1. The monoisotopic (exact) mass is 309 g/mol. The lowest BCUT2D eigenvalue weighted by Crippen LogP contribution is -2.20. The molecule has 2 aromatic carbocycles. The second-order valence-electron chi connectivity index (χ2n) is 4.34. The third kappa shape index (κ3) is 3.89. The van der Waals surface area contributed by atoms with Crippen LogP contribution in [0.2, 0.25) is 10.0 Å². The third-order valence-corrected chi connectivity index (χ3v) is 3.31. The summed E-state index contributed by atoms with van der Waals surface area (Å²) in [7, 11) is 0. The van der Waals surface area contributed by atoms with E-state index in [2.05, 4.69) is 5.32 Å². The van der Waals surface area contributed by atoms with E-state index in [-0.39, 0.29) is 6.54 Å². The van der Waals surface area contributed by atoms with E-state index in [9.17, 15) is 9.90 Å². The lowest BCUT2D eigenvalue weighted by Gasteiger charge is -2.15. The topological polar surface area (TPSA) is 49.3 Å². The molecule has 0 aromatic heterocycles. The van der Waals surface area contributed by atoms with Crippen molar-refractivity contribution >= 4 is 34.9 Å². The van der Waals surface area contributed by atoms with Crippen molar-refractivity contribution in [1.29, 1.82) is 0 Å². The molecule has 0 heterocycles. The molecule has 2 N–H and O–H groups in total. The van der Waals surface area contributed by atoms with E-state index in [1.165, 1.54) is 0 Å². The Balaban J connectivity index is 2.12. The van der Waals surface area contributed by atoms with Crippen LogP contribution in [0.25, 0.3) is 0 Å². The first-order chi connectivity index (χ1) is 9.56. The summed E-state index contributed by atoms with van der Waals surface area (Å²) in [6.45, 7) is 0.260. The Morgan fingerprint density at radius 2 is 1.70 bits per heavy atom. The minimum Gasteiger partial charge on any atom is -0.481 e. The van der Waals surface area contributed by atoms with Gasteiger partial charge in [0.25, 0.3) is 0 Å². The van der Waals surface area contributed by atoms with Crippen molar-refractivity contribution in [1.82, 2.24) is 0 Å². The molecule has 5 heteroatoms. The Morgan fingerprint density at radius 1 is 1.10 bits per heavy atom. The van der Waals surface area contributed by atoms with E-state index >= 15 is 0 Å². The molecule has 0 saturated heterocycles. The maximum atomic E-state index is 11.4. The highest BCUT2D eigenvalue weighted by Gasteiger charge is 2.19. The molecular formula is C15H13Cl2NO2. The van der Waals surface area contributed by atoms with Crippen LogP contribution in [0, 0.1) is 0 Å². The van der Waals surface area contributed by atoms with Gasteiger partial charge in [0.2, 0.25) is 0 Å². The van der Waals surface area contributed by atoms with Gasteiger partial charge >= 0.3 is 5.97 Å². The second-order valence-corrected chi connectivity index (χ2v) is 5.21. The van der Waals surface area contributed by atoms with E-state index < -0.39 is 11.9 Å². The van der Waals surface area contributed by atoms with Gasteiger partial charge in [-0.25, -0.2) is 0 Å². The zero-order valence-corrected chi connectivity index (χ0v) is 12.0. The van der Waals surface area contributed by atoms with E-state index in [1.807, 2.05) is 18.2 Å². The van der Waals surface area contributed by atoms with E-state index in [4.69, 9.17) is 23.2 Å². The van der Waals surface area contributed by atoms with Gasteiger partial charge in [-0.15, -0.1) is 0 Å². The molecule has 0 amide bonds. The smallest absolute Gasteiger partial charge is 0.312 e. The van der Waals surface area contributed by atoms with Crippen LogP contribution < -0.4 is 5.32 Å². The van der Waals surface area contributed by atoms with Gasteiger partial charge in [0.05, 0.1) is 5.92 Å². The van der Waals surface area contributed by atoms with Crippen LogP contribution in [-0.2, 0) is 4.79 Å². The molecule has 0 spiro atoms. The molecule has 2 rings (SSSR count). The highest BCUT2D eigenvalue weighted by Crippen LogP contribution is 2.24. The Bertz CT molecular complexity index is 582. The maximum absolute atomic E-state index is 11.4. The predicted octanol–water partition coefficient (Wildman–Crippen LogP) is 4.27. The summed E-state index contributed by atoms with van der Waals surface area (Å²) in [5.41, 5.74) is 1.45. The number of rotatable bonds is 5. The Morgan fingerprint density at radius 3 is 2.25 bits per heavy atom. The van der Waals surface area contributed by atoms with E-state index in [0.29, 0.717) is 15.7 Å². The van der Waals surface area contributed by atoms with Gasteiger partial charge < -0.3 is 10.4 Å². The van der Waals surface area contributed by atoms with Gasteiger partial charge in [-0.1, -0.05) is 53.5 Å². The van der Waals surface area contributed by atoms with E-state index in [1.54, 1.807) is 30.3 Å². The molecule has 3 nitrogen and oxygen atoms in total. The first-order valence-corrected chi connectivity index (χ1v) is 6.79. The van der Waals surface area contributed by atoms with Crippen LogP contribution in [-0.4, -0.2) is 17.6 Å². The largest absolute Gasteiger partial charge is 0.481 e. The number of carboxylic acid groups (broad SMARTS) is 1. The van der Waals surface area contributed by atoms with Gasteiger partial charge in [0, 0.05) is 22.3 Å². The number of halogens is 2. The number of benzene rings is 2. The number of anilines is 1. The van der Waals surface area contributed by atoms with Gasteiger partial charge in [0.1, 0.15) is 0 Å². The summed E-state index contributed by atoms with van der Waals surface area (Å²) in [6, 6.07) is 14.1. The van der Waals surface area contributed by atoms with Crippen molar-refractivity contribution in [2.75, 3.05) is 11.9 Å².